The Morgan fingerprint density at radius 1 is 1.14 bits per heavy atom. The smallest absolute Gasteiger partial charge is 0.322 e. The van der Waals surface area contributed by atoms with Crippen LogP contribution in [0.15, 0.2) is 62.7 Å². The SMILES string of the molecule is CCSc1ccccc1C(=O)Nc1nnc(-c2cccc(S(=O)(=O)C(C)C)c2)o1. The van der Waals surface area contributed by atoms with E-state index in [-0.39, 0.29) is 22.7 Å². The number of thioether (sulfide) groups is 1. The van der Waals surface area contributed by atoms with Gasteiger partial charge in [-0.15, -0.1) is 16.9 Å². The third-order valence-corrected chi connectivity index (χ3v) is 7.21. The zero-order chi connectivity index (χ0) is 21.0. The number of rotatable bonds is 7. The van der Waals surface area contributed by atoms with E-state index in [4.69, 9.17) is 4.42 Å². The molecule has 1 N–H and O–H groups in total. The molecule has 0 unspecified atom stereocenters. The van der Waals surface area contributed by atoms with Crippen molar-refractivity contribution in [2.45, 2.75) is 35.8 Å². The average molecular weight is 432 g/mol. The molecule has 1 amide bonds. The number of anilines is 1. The third-order valence-electron chi connectivity index (χ3n) is 4.11. The van der Waals surface area contributed by atoms with Crippen LogP contribution in [0.3, 0.4) is 0 Å². The van der Waals surface area contributed by atoms with Crippen LogP contribution < -0.4 is 5.32 Å². The second kappa shape index (κ2) is 8.79. The minimum atomic E-state index is -3.43. The normalized spacial score (nSPS) is 11.6. The quantitative estimate of drug-likeness (QED) is 0.557. The van der Waals surface area contributed by atoms with Gasteiger partial charge in [-0.25, -0.2) is 8.42 Å². The second-order valence-electron chi connectivity index (χ2n) is 6.42. The summed E-state index contributed by atoms with van der Waals surface area (Å²) in [5.74, 6) is 0.607. The minimum Gasteiger partial charge on any atom is -0.403 e. The Kier molecular flexibility index (Phi) is 6.39. The van der Waals surface area contributed by atoms with E-state index in [1.807, 2.05) is 19.1 Å². The Labute approximate surface area is 173 Å². The van der Waals surface area contributed by atoms with Crippen molar-refractivity contribution < 1.29 is 17.6 Å². The highest BCUT2D eigenvalue weighted by molar-refractivity contribution is 7.99. The number of nitrogens with one attached hydrogen (secondary N) is 1. The number of nitrogens with zero attached hydrogens (tertiary/aromatic N) is 2. The molecule has 0 spiro atoms. The first-order chi connectivity index (χ1) is 13.8. The van der Waals surface area contributed by atoms with Gasteiger partial charge in [0.25, 0.3) is 5.91 Å². The van der Waals surface area contributed by atoms with Crippen molar-refractivity contribution in [3.63, 3.8) is 0 Å². The Balaban J connectivity index is 1.83. The van der Waals surface area contributed by atoms with Gasteiger partial charge in [-0.3, -0.25) is 10.1 Å². The molecule has 152 valence electrons. The fraction of sp³-hybridized carbons (Fsp3) is 0.250. The minimum absolute atomic E-state index is 0.0570. The molecule has 0 bridgehead atoms. The van der Waals surface area contributed by atoms with Crippen LogP contribution in [0.1, 0.15) is 31.1 Å². The molecule has 0 aliphatic rings. The molecule has 2 aromatic carbocycles. The first kappa shape index (κ1) is 21.1. The summed E-state index contributed by atoms with van der Waals surface area (Å²) < 4.78 is 30.3. The zero-order valence-corrected chi connectivity index (χ0v) is 17.9. The topological polar surface area (TPSA) is 102 Å². The van der Waals surface area contributed by atoms with E-state index in [9.17, 15) is 13.2 Å². The number of carbonyl (C=O) groups excluding carboxylic acids is 1. The van der Waals surface area contributed by atoms with Crippen LogP contribution >= 0.6 is 11.8 Å². The van der Waals surface area contributed by atoms with Gasteiger partial charge < -0.3 is 4.42 Å². The van der Waals surface area contributed by atoms with E-state index in [2.05, 4.69) is 15.5 Å². The van der Waals surface area contributed by atoms with Gasteiger partial charge in [0.15, 0.2) is 9.84 Å². The average Bonchev–Trinajstić information content (AvgIpc) is 3.17. The predicted octanol–water partition coefficient (Wildman–Crippen LogP) is 4.28. The Bertz CT molecular complexity index is 1120. The molecule has 0 saturated carbocycles. The monoisotopic (exact) mass is 431 g/mol. The fourth-order valence-electron chi connectivity index (χ4n) is 2.57. The van der Waals surface area contributed by atoms with Crippen LogP contribution in [0.2, 0.25) is 0 Å². The van der Waals surface area contributed by atoms with Gasteiger partial charge in [0.2, 0.25) is 5.89 Å². The first-order valence-electron chi connectivity index (χ1n) is 9.04. The van der Waals surface area contributed by atoms with E-state index in [1.54, 1.807) is 49.9 Å². The van der Waals surface area contributed by atoms with Gasteiger partial charge in [-0.1, -0.05) is 30.2 Å². The lowest BCUT2D eigenvalue weighted by molar-refractivity contribution is 0.102. The molecule has 0 fully saturated rings. The van der Waals surface area contributed by atoms with Crippen LogP contribution in [-0.4, -0.2) is 35.5 Å². The standard InChI is InChI=1S/C20H21N3O4S2/c1-4-28-17-11-6-5-10-16(17)18(24)21-20-23-22-19(27-20)14-8-7-9-15(12-14)29(25,26)13(2)3/h5-13H,4H2,1-3H3,(H,21,23,24). The van der Waals surface area contributed by atoms with E-state index in [1.165, 1.54) is 12.1 Å². The first-order valence-corrected chi connectivity index (χ1v) is 11.6. The highest BCUT2D eigenvalue weighted by atomic mass is 32.2. The number of benzene rings is 2. The molecule has 3 aromatic rings. The van der Waals surface area contributed by atoms with Gasteiger partial charge in [-0.2, -0.15) is 0 Å². The Morgan fingerprint density at radius 3 is 2.62 bits per heavy atom. The van der Waals surface area contributed by atoms with Crippen molar-refractivity contribution in [3.8, 4) is 11.5 Å². The lowest BCUT2D eigenvalue weighted by Crippen LogP contribution is -2.13. The van der Waals surface area contributed by atoms with Crippen molar-refractivity contribution in [3.05, 3.63) is 54.1 Å². The highest BCUT2D eigenvalue weighted by Crippen LogP contribution is 2.26. The molecule has 29 heavy (non-hydrogen) atoms. The maximum Gasteiger partial charge on any atom is 0.322 e. The van der Waals surface area contributed by atoms with Crippen LogP contribution in [-0.2, 0) is 9.84 Å². The van der Waals surface area contributed by atoms with E-state index in [0.29, 0.717) is 11.1 Å². The van der Waals surface area contributed by atoms with Crippen LogP contribution in [0.5, 0.6) is 0 Å². The molecule has 9 heteroatoms. The molecule has 0 radical (unpaired) electrons. The summed E-state index contributed by atoms with van der Waals surface area (Å²) in [6.07, 6.45) is 0. The number of hydrogen-bond donors (Lipinski definition) is 1. The molecule has 0 saturated heterocycles. The maximum absolute atomic E-state index is 12.6. The number of carbonyl (C=O) groups is 1. The molecule has 3 rings (SSSR count). The predicted molar refractivity (Wildman–Crippen MR) is 113 cm³/mol. The molecule has 7 nitrogen and oxygen atoms in total. The van der Waals surface area contributed by atoms with Crippen molar-refractivity contribution in [1.82, 2.24) is 10.2 Å². The second-order valence-corrected chi connectivity index (χ2v) is 10.2. The zero-order valence-electron chi connectivity index (χ0n) is 16.2. The van der Waals surface area contributed by atoms with Crippen LogP contribution in [0, 0.1) is 0 Å². The lowest BCUT2D eigenvalue weighted by atomic mass is 10.2. The summed E-state index contributed by atoms with van der Waals surface area (Å²) in [5.41, 5.74) is 0.978. The number of sulfone groups is 1. The van der Waals surface area contributed by atoms with Crippen molar-refractivity contribution in [2.75, 3.05) is 11.1 Å². The van der Waals surface area contributed by atoms with E-state index in [0.717, 1.165) is 10.6 Å². The molecular formula is C20H21N3O4S2. The van der Waals surface area contributed by atoms with Crippen molar-refractivity contribution in [2.24, 2.45) is 0 Å². The summed E-state index contributed by atoms with van der Waals surface area (Å²) in [6, 6.07) is 13.5. The Morgan fingerprint density at radius 2 is 1.90 bits per heavy atom. The van der Waals surface area contributed by atoms with Gasteiger partial charge >= 0.3 is 6.01 Å². The largest absolute Gasteiger partial charge is 0.403 e. The molecular weight excluding hydrogens is 410 g/mol. The highest BCUT2D eigenvalue weighted by Gasteiger charge is 2.21. The van der Waals surface area contributed by atoms with E-state index < -0.39 is 15.1 Å². The number of aromatic nitrogens is 2. The van der Waals surface area contributed by atoms with Gasteiger partial charge in [0.1, 0.15) is 0 Å². The summed E-state index contributed by atoms with van der Waals surface area (Å²) >= 11 is 1.56. The summed E-state index contributed by atoms with van der Waals surface area (Å²) in [4.78, 5) is 13.6. The van der Waals surface area contributed by atoms with Gasteiger partial charge in [0, 0.05) is 10.5 Å². The summed E-state index contributed by atoms with van der Waals surface area (Å²) in [7, 11) is -3.43. The molecule has 1 aromatic heterocycles. The Hall–Kier alpha value is -2.65. The number of hydrogen-bond acceptors (Lipinski definition) is 7. The van der Waals surface area contributed by atoms with Crippen molar-refractivity contribution >= 4 is 33.5 Å². The lowest BCUT2D eigenvalue weighted by Gasteiger charge is -2.08. The number of amides is 1. The van der Waals surface area contributed by atoms with Crippen LogP contribution in [0.25, 0.3) is 11.5 Å². The summed E-state index contributed by atoms with van der Waals surface area (Å²) in [6.45, 7) is 5.26. The van der Waals surface area contributed by atoms with Crippen LogP contribution in [0.4, 0.5) is 6.01 Å². The fourth-order valence-corrected chi connectivity index (χ4v) is 4.47. The van der Waals surface area contributed by atoms with E-state index >= 15 is 0 Å². The molecule has 1 heterocycles. The van der Waals surface area contributed by atoms with Crippen molar-refractivity contribution in [1.29, 1.82) is 0 Å². The molecule has 0 atom stereocenters. The van der Waals surface area contributed by atoms with Gasteiger partial charge in [0.05, 0.1) is 15.7 Å². The third kappa shape index (κ3) is 4.68. The van der Waals surface area contributed by atoms with Gasteiger partial charge in [-0.05, 0) is 49.9 Å². The molecule has 0 aliphatic heterocycles. The molecule has 0 aliphatic carbocycles. The summed E-state index contributed by atoms with van der Waals surface area (Å²) in [5, 5.41) is 9.84. The maximum atomic E-state index is 12.6.